The Morgan fingerprint density at radius 3 is 2.95 bits per heavy atom. The lowest BCUT2D eigenvalue weighted by molar-refractivity contribution is 0.0240. The summed E-state index contributed by atoms with van der Waals surface area (Å²) in [5, 5.41) is 3.35. The summed E-state index contributed by atoms with van der Waals surface area (Å²) in [5.41, 5.74) is 2.14. The van der Waals surface area contributed by atoms with Crippen LogP contribution in [0.2, 0.25) is 0 Å². The first-order valence-electron chi connectivity index (χ1n) is 7.46. The second-order valence-corrected chi connectivity index (χ2v) is 5.09. The number of morpholine rings is 1. The van der Waals surface area contributed by atoms with Crippen LogP contribution in [0.1, 0.15) is 25.1 Å². The van der Waals surface area contributed by atoms with Crippen LogP contribution in [0.5, 0.6) is 5.75 Å². The van der Waals surface area contributed by atoms with Crippen molar-refractivity contribution in [3.8, 4) is 11.4 Å². The molecule has 1 fully saturated rings. The molecule has 0 saturated carbocycles. The summed E-state index contributed by atoms with van der Waals surface area (Å²) in [5.74, 6) is 0.901. The molecule has 2 heterocycles. The van der Waals surface area contributed by atoms with Crippen LogP contribution in [0.15, 0.2) is 36.8 Å². The topological polar surface area (TPSA) is 48.3 Å². The smallest absolute Gasteiger partial charge is 0.119 e. The minimum Gasteiger partial charge on any atom is -0.494 e. The summed E-state index contributed by atoms with van der Waals surface area (Å²) in [7, 11) is 0. The maximum absolute atomic E-state index is 5.81. The van der Waals surface area contributed by atoms with Gasteiger partial charge in [-0.2, -0.15) is 0 Å². The molecule has 1 atom stereocenters. The van der Waals surface area contributed by atoms with E-state index < -0.39 is 0 Å². The van der Waals surface area contributed by atoms with E-state index in [1.807, 2.05) is 36.8 Å². The van der Waals surface area contributed by atoms with E-state index in [0.29, 0.717) is 0 Å². The van der Waals surface area contributed by atoms with Gasteiger partial charge in [-0.15, -0.1) is 0 Å². The monoisotopic (exact) mass is 287 g/mol. The second-order valence-electron chi connectivity index (χ2n) is 5.09. The molecule has 2 aromatic rings. The zero-order valence-corrected chi connectivity index (χ0v) is 12.3. The number of ether oxygens (including phenoxy) is 2. The standard InChI is InChI=1S/C16H21N3O2/c1-2-8-20-14-5-3-13(4-6-14)19-12-18-10-15(19)16-11-17-7-9-21-16/h3-6,10,12,16-17H,2,7-9,11H2,1H3. The van der Waals surface area contributed by atoms with E-state index in [1.54, 1.807) is 0 Å². The maximum atomic E-state index is 5.81. The highest BCUT2D eigenvalue weighted by molar-refractivity contribution is 5.39. The summed E-state index contributed by atoms with van der Waals surface area (Å²) in [4.78, 5) is 4.27. The van der Waals surface area contributed by atoms with Gasteiger partial charge in [0.05, 0.1) is 31.4 Å². The average molecular weight is 287 g/mol. The van der Waals surface area contributed by atoms with Gasteiger partial charge >= 0.3 is 0 Å². The molecule has 1 aromatic carbocycles. The van der Waals surface area contributed by atoms with Crippen molar-refractivity contribution in [1.29, 1.82) is 0 Å². The number of hydrogen-bond acceptors (Lipinski definition) is 4. The van der Waals surface area contributed by atoms with E-state index in [2.05, 4.69) is 21.8 Å². The number of aromatic nitrogens is 2. The van der Waals surface area contributed by atoms with Crippen LogP contribution in [0.4, 0.5) is 0 Å². The molecule has 1 saturated heterocycles. The van der Waals surface area contributed by atoms with Crippen LogP contribution in [0, 0.1) is 0 Å². The Balaban J connectivity index is 1.78. The molecule has 1 N–H and O–H groups in total. The number of nitrogens with zero attached hydrogens (tertiary/aromatic N) is 2. The summed E-state index contributed by atoms with van der Waals surface area (Å²) in [6, 6.07) is 8.09. The minimum absolute atomic E-state index is 0.0530. The maximum Gasteiger partial charge on any atom is 0.119 e. The molecular weight excluding hydrogens is 266 g/mol. The zero-order chi connectivity index (χ0) is 14.5. The minimum atomic E-state index is 0.0530. The van der Waals surface area contributed by atoms with Gasteiger partial charge in [0.15, 0.2) is 0 Å². The molecule has 112 valence electrons. The van der Waals surface area contributed by atoms with E-state index in [1.165, 1.54) is 0 Å². The Morgan fingerprint density at radius 1 is 1.38 bits per heavy atom. The van der Waals surface area contributed by atoms with E-state index in [9.17, 15) is 0 Å². The lowest BCUT2D eigenvalue weighted by Gasteiger charge is -2.24. The van der Waals surface area contributed by atoms with Crippen molar-refractivity contribution < 1.29 is 9.47 Å². The summed E-state index contributed by atoms with van der Waals surface area (Å²) in [6.07, 6.45) is 4.77. The van der Waals surface area contributed by atoms with Crippen molar-refractivity contribution in [3.05, 3.63) is 42.5 Å². The summed E-state index contributed by atoms with van der Waals surface area (Å²) >= 11 is 0. The second kappa shape index (κ2) is 6.74. The van der Waals surface area contributed by atoms with Crippen LogP contribution >= 0.6 is 0 Å². The van der Waals surface area contributed by atoms with Gasteiger partial charge in [-0.25, -0.2) is 4.98 Å². The van der Waals surface area contributed by atoms with Crippen molar-refractivity contribution in [3.63, 3.8) is 0 Å². The third-order valence-electron chi connectivity index (χ3n) is 3.51. The van der Waals surface area contributed by atoms with Crippen molar-refractivity contribution in [2.75, 3.05) is 26.3 Å². The van der Waals surface area contributed by atoms with Crippen molar-refractivity contribution >= 4 is 0 Å². The third-order valence-corrected chi connectivity index (χ3v) is 3.51. The average Bonchev–Trinajstić information content (AvgIpc) is 3.04. The molecule has 5 heteroatoms. The molecule has 0 bridgehead atoms. The van der Waals surface area contributed by atoms with Gasteiger partial charge in [0.2, 0.25) is 0 Å². The highest BCUT2D eigenvalue weighted by Crippen LogP contribution is 2.23. The molecule has 1 aliphatic rings. The molecule has 1 aliphatic heterocycles. The molecule has 0 aliphatic carbocycles. The summed E-state index contributed by atoms with van der Waals surface area (Å²) in [6.45, 7) is 5.32. The molecule has 1 aromatic heterocycles. The number of rotatable bonds is 5. The molecular formula is C16H21N3O2. The van der Waals surface area contributed by atoms with Gasteiger partial charge in [0, 0.05) is 18.8 Å². The predicted octanol–water partition coefficient (Wildman–Crippen LogP) is 2.32. The van der Waals surface area contributed by atoms with Crippen molar-refractivity contribution in [1.82, 2.24) is 14.9 Å². The SMILES string of the molecule is CCCOc1ccc(-n2cncc2C2CNCCO2)cc1. The number of benzene rings is 1. The van der Waals surface area contributed by atoms with Gasteiger partial charge in [0.25, 0.3) is 0 Å². The number of imidazole rings is 1. The molecule has 5 nitrogen and oxygen atoms in total. The number of hydrogen-bond donors (Lipinski definition) is 1. The first-order valence-corrected chi connectivity index (χ1v) is 7.46. The Labute approximate surface area is 124 Å². The number of nitrogens with one attached hydrogen (secondary N) is 1. The molecule has 0 radical (unpaired) electrons. The van der Waals surface area contributed by atoms with Crippen LogP contribution in [0.3, 0.4) is 0 Å². The zero-order valence-electron chi connectivity index (χ0n) is 12.3. The van der Waals surface area contributed by atoms with Crippen molar-refractivity contribution in [2.24, 2.45) is 0 Å². The van der Waals surface area contributed by atoms with Gasteiger partial charge in [-0.3, -0.25) is 0 Å². The highest BCUT2D eigenvalue weighted by atomic mass is 16.5. The van der Waals surface area contributed by atoms with Gasteiger partial charge in [-0.05, 0) is 30.7 Å². The van der Waals surface area contributed by atoms with Crippen LogP contribution < -0.4 is 10.1 Å². The Hall–Kier alpha value is -1.85. The Kier molecular flexibility index (Phi) is 4.52. The van der Waals surface area contributed by atoms with Gasteiger partial charge in [0.1, 0.15) is 11.9 Å². The first-order chi connectivity index (χ1) is 10.4. The highest BCUT2D eigenvalue weighted by Gasteiger charge is 2.20. The quantitative estimate of drug-likeness (QED) is 0.917. The lowest BCUT2D eigenvalue weighted by atomic mass is 10.2. The van der Waals surface area contributed by atoms with Gasteiger partial charge < -0.3 is 19.4 Å². The van der Waals surface area contributed by atoms with E-state index in [-0.39, 0.29) is 6.10 Å². The molecule has 1 unspecified atom stereocenters. The summed E-state index contributed by atoms with van der Waals surface area (Å²) < 4.78 is 13.5. The molecule has 3 rings (SSSR count). The molecule has 0 spiro atoms. The fourth-order valence-electron chi connectivity index (χ4n) is 2.44. The van der Waals surface area contributed by atoms with Gasteiger partial charge in [-0.1, -0.05) is 6.92 Å². The third kappa shape index (κ3) is 3.25. The van der Waals surface area contributed by atoms with Crippen LogP contribution in [0.25, 0.3) is 5.69 Å². The van der Waals surface area contributed by atoms with E-state index in [0.717, 1.165) is 49.9 Å². The lowest BCUT2D eigenvalue weighted by Crippen LogP contribution is -2.34. The normalized spacial score (nSPS) is 18.6. The van der Waals surface area contributed by atoms with E-state index in [4.69, 9.17) is 9.47 Å². The first kappa shape index (κ1) is 14.1. The fraction of sp³-hybridized carbons (Fsp3) is 0.438. The van der Waals surface area contributed by atoms with E-state index >= 15 is 0 Å². The predicted molar refractivity (Wildman–Crippen MR) is 80.9 cm³/mol. The largest absolute Gasteiger partial charge is 0.494 e. The fourth-order valence-corrected chi connectivity index (χ4v) is 2.44. The molecule has 0 amide bonds. The van der Waals surface area contributed by atoms with Crippen LogP contribution in [-0.2, 0) is 4.74 Å². The van der Waals surface area contributed by atoms with Crippen LogP contribution in [-0.4, -0.2) is 35.9 Å². The van der Waals surface area contributed by atoms with Crippen molar-refractivity contribution in [2.45, 2.75) is 19.4 Å². The Morgan fingerprint density at radius 2 is 2.24 bits per heavy atom. The molecule has 21 heavy (non-hydrogen) atoms. The Bertz CT molecular complexity index is 559.